The summed E-state index contributed by atoms with van der Waals surface area (Å²) in [4.78, 5) is 10.9. The fourth-order valence-electron chi connectivity index (χ4n) is 2.00. The average Bonchev–Trinajstić information content (AvgIpc) is 2.04. The molecule has 1 fully saturated rings. The third-order valence-corrected chi connectivity index (χ3v) is 3.16. The molecule has 70 valence electrons. The summed E-state index contributed by atoms with van der Waals surface area (Å²) in [7, 11) is 0. The smallest absolute Gasteiger partial charge is 0.192 e. The maximum atomic E-state index is 10.9. The zero-order chi connectivity index (χ0) is 8.97. The van der Waals surface area contributed by atoms with Crippen LogP contribution in [0.5, 0.6) is 0 Å². The lowest BCUT2D eigenvalue weighted by Gasteiger charge is -2.28. The van der Waals surface area contributed by atoms with E-state index in [2.05, 4.69) is 0 Å². The Balaban J connectivity index is 2.41. The van der Waals surface area contributed by atoms with Crippen molar-refractivity contribution in [3.05, 3.63) is 0 Å². The first-order valence-electron chi connectivity index (χ1n) is 4.53. The van der Waals surface area contributed by atoms with Crippen LogP contribution in [-0.4, -0.2) is 15.5 Å². The minimum Gasteiger partial charge on any atom is -0.396 e. The molecule has 0 bridgehead atoms. The first kappa shape index (κ1) is 10.4. The van der Waals surface area contributed by atoms with Crippen LogP contribution >= 0.6 is 22.6 Å². The van der Waals surface area contributed by atoms with Gasteiger partial charge in [0.05, 0.1) is 0 Å². The van der Waals surface area contributed by atoms with E-state index < -0.39 is 0 Å². The highest BCUT2D eigenvalue weighted by atomic mass is 127. The highest BCUT2D eigenvalue weighted by Crippen LogP contribution is 2.32. The number of halogens is 1. The summed E-state index contributed by atoms with van der Waals surface area (Å²) in [6.45, 7) is 0.259. The molecule has 1 rings (SSSR count). The Labute approximate surface area is 86.9 Å². The molecule has 1 aliphatic rings. The van der Waals surface area contributed by atoms with Crippen LogP contribution in [0.25, 0.3) is 0 Å². The van der Waals surface area contributed by atoms with E-state index in [1.54, 1.807) is 0 Å². The third kappa shape index (κ3) is 3.01. The summed E-state index contributed by atoms with van der Waals surface area (Å²) < 4.78 is 0.234. The molecular formula is C9H15IO2. The van der Waals surface area contributed by atoms with Gasteiger partial charge in [-0.3, -0.25) is 4.79 Å². The molecule has 0 heterocycles. The first-order valence-corrected chi connectivity index (χ1v) is 5.61. The molecule has 0 unspecified atom stereocenters. The van der Waals surface area contributed by atoms with Gasteiger partial charge in [0, 0.05) is 13.0 Å². The molecule has 3 heteroatoms. The number of carbonyl (C=O) groups is 1. The Morgan fingerprint density at radius 3 is 2.42 bits per heavy atom. The topological polar surface area (TPSA) is 37.3 Å². The molecule has 0 aliphatic heterocycles. The van der Waals surface area contributed by atoms with Gasteiger partial charge in [-0.05, 0) is 47.3 Å². The summed E-state index contributed by atoms with van der Waals surface area (Å²) in [5.74, 6) is 0.839. The van der Waals surface area contributed by atoms with Gasteiger partial charge in [0.15, 0.2) is 3.79 Å². The third-order valence-electron chi connectivity index (χ3n) is 2.72. The number of hydrogen-bond acceptors (Lipinski definition) is 2. The van der Waals surface area contributed by atoms with Gasteiger partial charge >= 0.3 is 0 Å². The minimum absolute atomic E-state index is 0.234. The molecule has 1 N–H and O–H groups in total. The minimum atomic E-state index is 0.234. The van der Waals surface area contributed by atoms with Gasteiger partial charge in [-0.15, -0.1) is 0 Å². The highest BCUT2D eigenvalue weighted by molar-refractivity contribution is 14.1. The standard InChI is InChI=1S/C9H15IO2/c10-9(12)5-7-3-1-2-4-8(7)6-11/h7-8,11H,1-6H2/t7-,8-/m1/s1. The lowest BCUT2D eigenvalue weighted by atomic mass is 9.78. The van der Waals surface area contributed by atoms with Crippen LogP contribution in [0.2, 0.25) is 0 Å². The van der Waals surface area contributed by atoms with Crippen molar-refractivity contribution < 1.29 is 9.90 Å². The van der Waals surface area contributed by atoms with Gasteiger partial charge < -0.3 is 5.11 Å². The van der Waals surface area contributed by atoms with Crippen LogP contribution in [0, 0.1) is 11.8 Å². The molecule has 0 aromatic rings. The Morgan fingerprint density at radius 1 is 1.33 bits per heavy atom. The fourth-order valence-corrected chi connectivity index (χ4v) is 2.57. The van der Waals surface area contributed by atoms with Crippen LogP contribution in [-0.2, 0) is 4.79 Å². The monoisotopic (exact) mass is 282 g/mol. The Morgan fingerprint density at radius 2 is 1.92 bits per heavy atom. The predicted molar refractivity (Wildman–Crippen MR) is 56.2 cm³/mol. The number of rotatable bonds is 3. The lowest BCUT2D eigenvalue weighted by Crippen LogP contribution is -2.23. The molecule has 0 saturated heterocycles. The number of aliphatic hydroxyl groups excluding tert-OH is 1. The average molecular weight is 282 g/mol. The molecule has 2 nitrogen and oxygen atoms in total. The van der Waals surface area contributed by atoms with Crippen LogP contribution in [0.15, 0.2) is 0 Å². The molecule has 0 aromatic carbocycles. The van der Waals surface area contributed by atoms with Gasteiger partial charge in [0.2, 0.25) is 0 Å². The molecule has 0 spiro atoms. The van der Waals surface area contributed by atoms with Crippen LogP contribution < -0.4 is 0 Å². The number of hydrogen-bond donors (Lipinski definition) is 1. The molecule has 1 saturated carbocycles. The Kier molecular flexibility index (Phi) is 4.50. The Bertz CT molecular complexity index is 159. The van der Waals surface area contributed by atoms with Crippen molar-refractivity contribution in [3.63, 3.8) is 0 Å². The molecule has 12 heavy (non-hydrogen) atoms. The summed E-state index contributed by atoms with van der Waals surface area (Å²) in [6.07, 6.45) is 5.33. The number of aliphatic hydroxyl groups is 1. The van der Waals surface area contributed by atoms with Gasteiger partial charge in [-0.1, -0.05) is 12.8 Å². The van der Waals surface area contributed by atoms with Crippen molar-refractivity contribution in [1.29, 1.82) is 0 Å². The van der Waals surface area contributed by atoms with E-state index in [9.17, 15) is 4.79 Å². The van der Waals surface area contributed by atoms with E-state index in [4.69, 9.17) is 5.11 Å². The Hall–Kier alpha value is 0.360. The normalized spacial score (nSPS) is 30.2. The molecule has 0 amide bonds. The SMILES string of the molecule is O=C(I)C[C@H]1CCCC[C@@H]1CO. The predicted octanol–water partition coefficient (Wildman–Crippen LogP) is 2.14. The first-order chi connectivity index (χ1) is 5.74. The van der Waals surface area contributed by atoms with Crippen LogP contribution in [0.4, 0.5) is 0 Å². The molecular weight excluding hydrogens is 267 g/mol. The summed E-state index contributed by atoms with van der Waals surface area (Å²) in [5, 5.41) is 9.06. The van der Waals surface area contributed by atoms with E-state index in [1.165, 1.54) is 12.8 Å². The molecule has 0 radical (unpaired) electrons. The van der Waals surface area contributed by atoms with Crippen molar-refractivity contribution >= 4 is 26.4 Å². The lowest BCUT2D eigenvalue weighted by molar-refractivity contribution is -0.111. The summed E-state index contributed by atoms with van der Waals surface area (Å²) in [5.41, 5.74) is 0. The summed E-state index contributed by atoms with van der Waals surface area (Å²) >= 11 is 1.85. The van der Waals surface area contributed by atoms with Crippen LogP contribution in [0.3, 0.4) is 0 Å². The van der Waals surface area contributed by atoms with Gasteiger partial charge in [0.25, 0.3) is 0 Å². The largest absolute Gasteiger partial charge is 0.396 e. The van der Waals surface area contributed by atoms with E-state index in [-0.39, 0.29) is 10.4 Å². The highest BCUT2D eigenvalue weighted by Gasteiger charge is 2.25. The van der Waals surface area contributed by atoms with E-state index >= 15 is 0 Å². The van der Waals surface area contributed by atoms with E-state index in [1.807, 2.05) is 22.6 Å². The zero-order valence-electron chi connectivity index (χ0n) is 7.13. The van der Waals surface area contributed by atoms with Gasteiger partial charge in [-0.2, -0.15) is 0 Å². The zero-order valence-corrected chi connectivity index (χ0v) is 9.29. The molecule has 1 aliphatic carbocycles. The second kappa shape index (κ2) is 5.17. The van der Waals surface area contributed by atoms with Crippen molar-refractivity contribution in [3.8, 4) is 0 Å². The molecule has 0 aromatic heterocycles. The number of carbonyl (C=O) groups excluding carboxylic acids is 1. The van der Waals surface area contributed by atoms with Crippen molar-refractivity contribution in [2.45, 2.75) is 32.1 Å². The second-order valence-electron chi connectivity index (χ2n) is 3.55. The quantitative estimate of drug-likeness (QED) is 0.636. The van der Waals surface area contributed by atoms with Gasteiger partial charge in [0.1, 0.15) is 0 Å². The van der Waals surface area contributed by atoms with Crippen LogP contribution in [0.1, 0.15) is 32.1 Å². The maximum Gasteiger partial charge on any atom is 0.192 e. The molecule has 2 atom stereocenters. The van der Waals surface area contributed by atoms with E-state index in [0.29, 0.717) is 18.3 Å². The van der Waals surface area contributed by atoms with Gasteiger partial charge in [-0.25, -0.2) is 0 Å². The fraction of sp³-hybridized carbons (Fsp3) is 0.889. The van der Waals surface area contributed by atoms with E-state index in [0.717, 1.165) is 12.8 Å². The van der Waals surface area contributed by atoms with Crippen molar-refractivity contribution in [1.82, 2.24) is 0 Å². The van der Waals surface area contributed by atoms with Crippen molar-refractivity contribution in [2.24, 2.45) is 11.8 Å². The second-order valence-corrected chi connectivity index (χ2v) is 4.75. The van der Waals surface area contributed by atoms with Crippen molar-refractivity contribution in [2.75, 3.05) is 6.61 Å². The maximum absolute atomic E-state index is 10.9. The summed E-state index contributed by atoms with van der Waals surface area (Å²) in [6, 6.07) is 0.